The maximum absolute atomic E-state index is 12.2. The molecule has 0 bridgehead atoms. The smallest absolute Gasteiger partial charge is 0.445 e. The van der Waals surface area contributed by atoms with Crippen molar-refractivity contribution in [3.8, 4) is 5.13 Å². The summed E-state index contributed by atoms with van der Waals surface area (Å²) in [5.41, 5.74) is -0.145. The zero-order valence-electron chi connectivity index (χ0n) is 7.84. The van der Waals surface area contributed by atoms with Gasteiger partial charge in [0.2, 0.25) is 10.1 Å². The fraction of sp³-hybridized carbons (Fsp3) is 0.143. The van der Waals surface area contributed by atoms with Gasteiger partial charge in [-0.25, -0.2) is 9.48 Å². The van der Waals surface area contributed by atoms with Crippen LogP contribution in [-0.2, 0) is 6.18 Å². The van der Waals surface area contributed by atoms with Crippen LogP contribution in [0.15, 0.2) is 12.4 Å². The molecule has 2 heterocycles. The molecule has 0 aliphatic rings. The van der Waals surface area contributed by atoms with E-state index in [0.29, 0.717) is 0 Å². The summed E-state index contributed by atoms with van der Waals surface area (Å²) >= 11 is 0.278. The van der Waals surface area contributed by atoms with Gasteiger partial charge in [-0.05, 0) is 0 Å². The number of carbonyl (C=O) groups is 1. The SMILES string of the molecule is O=C(O)c1cnn(-c2nnc(C(F)(F)F)s2)c1. The van der Waals surface area contributed by atoms with Gasteiger partial charge in [0.05, 0.1) is 11.8 Å². The molecular formula is C7H3F3N4O2S. The van der Waals surface area contributed by atoms with Crippen molar-refractivity contribution in [3.63, 3.8) is 0 Å². The Morgan fingerprint density at radius 3 is 2.59 bits per heavy atom. The van der Waals surface area contributed by atoms with Crippen molar-refractivity contribution >= 4 is 17.3 Å². The van der Waals surface area contributed by atoms with E-state index < -0.39 is 17.2 Å². The van der Waals surface area contributed by atoms with E-state index in [1.807, 2.05) is 0 Å². The minimum atomic E-state index is -4.57. The van der Waals surface area contributed by atoms with Gasteiger partial charge in [-0.15, -0.1) is 10.2 Å². The molecule has 2 aromatic rings. The van der Waals surface area contributed by atoms with Crippen molar-refractivity contribution in [3.05, 3.63) is 23.0 Å². The van der Waals surface area contributed by atoms with Crippen molar-refractivity contribution < 1.29 is 23.1 Å². The van der Waals surface area contributed by atoms with E-state index >= 15 is 0 Å². The summed E-state index contributed by atoms with van der Waals surface area (Å²) in [5.74, 6) is -1.23. The minimum Gasteiger partial charge on any atom is -0.478 e. The summed E-state index contributed by atoms with van der Waals surface area (Å²) in [6, 6.07) is 0. The molecule has 0 atom stereocenters. The molecular weight excluding hydrogens is 261 g/mol. The molecule has 6 nitrogen and oxygen atoms in total. The average Bonchev–Trinajstić information content (AvgIpc) is 2.85. The quantitative estimate of drug-likeness (QED) is 0.887. The van der Waals surface area contributed by atoms with Gasteiger partial charge in [0, 0.05) is 6.20 Å². The lowest BCUT2D eigenvalue weighted by Gasteiger charge is -1.97. The number of alkyl halides is 3. The van der Waals surface area contributed by atoms with Crippen molar-refractivity contribution in [2.45, 2.75) is 6.18 Å². The number of aromatic nitrogens is 4. The topological polar surface area (TPSA) is 80.9 Å². The molecule has 0 radical (unpaired) electrons. The number of carboxylic acids is 1. The first-order chi connectivity index (χ1) is 7.88. The van der Waals surface area contributed by atoms with Gasteiger partial charge in [-0.2, -0.15) is 18.3 Å². The molecule has 0 aliphatic heterocycles. The van der Waals surface area contributed by atoms with Gasteiger partial charge in [-0.3, -0.25) is 0 Å². The Morgan fingerprint density at radius 1 is 1.41 bits per heavy atom. The molecule has 0 unspecified atom stereocenters. The Bertz CT molecular complexity index is 561. The van der Waals surface area contributed by atoms with Gasteiger partial charge in [0.15, 0.2) is 0 Å². The van der Waals surface area contributed by atoms with Gasteiger partial charge < -0.3 is 5.11 Å². The number of carboxylic acid groups (broad SMARTS) is 1. The van der Waals surface area contributed by atoms with Crippen LogP contribution in [0.3, 0.4) is 0 Å². The second kappa shape index (κ2) is 3.80. The molecule has 0 aliphatic carbocycles. The monoisotopic (exact) mass is 264 g/mol. The van der Waals surface area contributed by atoms with Gasteiger partial charge in [-0.1, -0.05) is 11.3 Å². The van der Waals surface area contributed by atoms with Crippen LogP contribution < -0.4 is 0 Å². The number of hydrogen-bond acceptors (Lipinski definition) is 5. The molecule has 0 amide bonds. The standard InChI is InChI=1S/C7H3F3N4O2S/c8-7(9,10)5-12-13-6(17-5)14-2-3(1-11-14)4(15)16/h1-2H,(H,15,16). The minimum absolute atomic E-state index is 0.145. The van der Waals surface area contributed by atoms with E-state index in [2.05, 4.69) is 15.3 Å². The molecule has 0 spiro atoms. The molecule has 0 aromatic carbocycles. The maximum atomic E-state index is 12.2. The van der Waals surface area contributed by atoms with E-state index in [1.54, 1.807) is 0 Å². The summed E-state index contributed by atoms with van der Waals surface area (Å²) in [5, 5.41) is 17.2. The molecule has 1 N–H and O–H groups in total. The third-order valence-electron chi connectivity index (χ3n) is 1.68. The Morgan fingerprint density at radius 2 is 2.12 bits per heavy atom. The van der Waals surface area contributed by atoms with E-state index in [9.17, 15) is 18.0 Å². The summed E-state index contributed by atoms with van der Waals surface area (Å²) in [6.07, 6.45) is -2.50. The van der Waals surface area contributed by atoms with Crippen LogP contribution in [0.1, 0.15) is 15.4 Å². The third-order valence-corrected chi connectivity index (χ3v) is 2.64. The van der Waals surface area contributed by atoms with E-state index in [4.69, 9.17) is 5.11 Å². The molecule has 2 aromatic heterocycles. The van der Waals surface area contributed by atoms with E-state index in [1.165, 1.54) is 0 Å². The Kier molecular flexibility index (Phi) is 2.58. The van der Waals surface area contributed by atoms with Crippen molar-refractivity contribution in [1.82, 2.24) is 20.0 Å². The fourth-order valence-electron chi connectivity index (χ4n) is 0.960. The second-order valence-electron chi connectivity index (χ2n) is 2.87. The predicted molar refractivity (Wildman–Crippen MR) is 49.0 cm³/mol. The van der Waals surface area contributed by atoms with Crippen LogP contribution in [0.25, 0.3) is 5.13 Å². The molecule has 0 saturated heterocycles. The highest BCUT2D eigenvalue weighted by Gasteiger charge is 2.35. The highest BCUT2D eigenvalue weighted by Crippen LogP contribution is 2.32. The van der Waals surface area contributed by atoms with Crippen molar-refractivity contribution in [1.29, 1.82) is 0 Å². The van der Waals surface area contributed by atoms with Crippen LogP contribution in [0.2, 0.25) is 0 Å². The highest BCUT2D eigenvalue weighted by atomic mass is 32.1. The van der Waals surface area contributed by atoms with Crippen LogP contribution in [0.5, 0.6) is 0 Å². The Hall–Kier alpha value is -1.97. The predicted octanol–water partition coefficient (Wildman–Crippen LogP) is 1.44. The summed E-state index contributed by atoms with van der Waals surface area (Å²) in [6.45, 7) is 0. The van der Waals surface area contributed by atoms with Crippen molar-refractivity contribution in [2.75, 3.05) is 0 Å². The maximum Gasteiger partial charge on any atom is 0.445 e. The van der Waals surface area contributed by atoms with Gasteiger partial charge in [0.1, 0.15) is 0 Å². The summed E-state index contributed by atoms with van der Waals surface area (Å²) < 4.78 is 37.6. The number of aromatic carboxylic acids is 1. The molecule has 0 fully saturated rings. The van der Waals surface area contributed by atoms with Gasteiger partial charge in [0.25, 0.3) is 0 Å². The second-order valence-corrected chi connectivity index (χ2v) is 3.82. The largest absolute Gasteiger partial charge is 0.478 e. The highest BCUT2D eigenvalue weighted by molar-refractivity contribution is 7.13. The summed E-state index contributed by atoms with van der Waals surface area (Å²) in [4.78, 5) is 10.5. The number of halogens is 3. The van der Waals surface area contributed by atoms with Crippen LogP contribution >= 0.6 is 11.3 Å². The Balaban J connectivity index is 2.34. The first kappa shape index (κ1) is 11.5. The lowest BCUT2D eigenvalue weighted by atomic mass is 10.4. The first-order valence-electron chi connectivity index (χ1n) is 4.07. The molecule has 0 saturated carbocycles. The zero-order chi connectivity index (χ0) is 12.6. The normalized spacial score (nSPS) is 11.7. The van der Waals surface area contributed by atoms with E-state index in [-0.39, 0.29) is 22.0 Å². The third kappa shape index (κ3) is 2.25. The fourth-order valence-corrected chi connectivity index (χ4v) is 1.61. The molecule has 2 rings (SSSR count). The lowest BCUT2D eigenvalue weighted by Crippen LogP contribution is -2.03. The number of hydrogen-bond donors (Lipinski definition) is 1. The van der Waals surface area contributed by atoms with Crippen LogP contribution in [0, 0.1) is 0 Å². The number of nitrogens with zero attached hydrogens (tertiary/aromatic N) is 4. The molecule has 90 valence electrons. The summed E-state index contributed by atoms with van der Waals surface area (Å²) in [7, 11) is 0. The van der Waals surface area contributed by atoms with Crippen molar-refractivity contribution in [2.24, 2.45) is 0 Å². The first-order valence-corrected chi connectivity index (χ1v) is 4.88. The molecule has 17 heavy (non-hydrogen) atoms. The lowest BCUT2D eigenvalue weighted by molar-refractivity contribution is -0.138. The number of rotatable bonds is 2. The Labute approximate surface area is 95.3 Å². The van der Waals surface area contributed by atoms with Crippen LogP contribution in [-0.4, -0.2) is 31.1 Å². The van der Waals surface area contributed by atoms with Crippen LogP contribution in [0.4, 0.5) is 13.2 Å². The van der Waals surface area contributed by atoms with Gasteiger partial charge >= 0.3 is 12.1 Å². The molecule has 10 heteroatoms. The van der Waals surface area contributed by atoms with E-state index in [0.717, 1.165) is 17.1 Å². The zero-order valence-corrected chi connectivity index (χ0v) is 8.66. The average molecular weight is 264 g/mol.